The number of anilines is 1. The maximum absolute atomic E-state index is 13.4. The van der Waals surface area contributed by atoms with Crippen LogP contribution in [0.1, 0.15) is 5.76 Å². The van der Waals surface area contributed by atoms with Gasteiger partial charge in [-0.15, -0.1) is 0 Å². The molecule has 1 aromatic carbocycles. The van der Waals surface area contributed by atoms with Crippen LogP contribution in [0.25, 0.3) is 0 Å². The Morgan fingerprint density at radius 2 is 2.19 bits per heavy atom. The second-order valence-electron chi connectivity index (χ2n) is 3.07. The van der Waals surface area contributed by atoms with Crippen LogP contribution in [0.4, 0.5) is 14.5 Å². The van der Waals surface area contributed by atoms with Gasteiger partial charge in [-0.2, -0.15) is 0 Å². The molecular weight excluding hydrogens is 282 g/mol. The minimum absolute atomic E-state index is 0.192. The molecule has 16 heavy (non-hydrogen) atoms. The van der Waals surface area contributed by atoms with Gasteiger partial charge in [-0.1, -0.05) is 0 Å². The van der Waals surface area contributed by atoms with Gasteiger partial charge in [0.1, 0.15) is 17.4 Å². The maximum Gasteiger partial charge on any atom is 0.180 e. The standard InChI is InChI=1S/C10H7BrF2N2O/c11-8-1-6(12)2-9(13)10(8)15-4-7-3-14-5-16-7/h1-3,5,15H,4H2. The van der Waals surface area contributed by atoms with Gasteiger partial charge in [-0.05, 0) is 22.0 Å². The molecule has 3 nitrogen and oxygen atoms in total. The van der Waals surface area contributed by atoms with Gasteiger partial charge in [0.2, 0.25) is 0 Å². The SMILES string of the molecule is Fc1cc(F)c(NCc2cnco2)c(Br)c1. The fourth-order valence-electron chi connectivity index (χ4n) is 1.22. The molecular formula is C10H7BrF2N2O. The second-order valence-corrected chi connectivity index (χ2v) is 3.92. The summed E-state index contributed by atoms with van der Waals surface area (Å²) in [7, 11) is 0. The van der Waals surface area contributed by atoms with E-state index in [2.05, 4.69) is 26.2 Å². The zero-order chi connectivity index (χ0) is 11.5. The molecule has 0 aliphatic heterocycles. The highest BCUT2D eigenvalue weighted by Gasteiger charge is 2.09. The van der Waals surface area contributed by atoms with E-state index in [0.29, 0.717) is 10.2 Å². The van der Waals surface area contributed by atoms with Crippen LogP contribution >= 0.6 is 15.9 Å². The summed E-state index contributed by atoms with van der Waals surface area (Å²) in [4.78, 5) is 3.72. The summed E-state index contributed by atoms with van der Waals surface area (Å²) in [5.74, 6) is -0.725. The molecule has 0 bridgehead atoms. The van der Waals surface area contributed by atoms with E-state index in [9.17, 15) is 8.78 Å². The molecule has 2 rings (SSSR count). The minimum Gasteiger partial charge on any atom is -0.447 e. The summed E-state index contributed by atoms with van der Waals surface area (Å²) in [6, 6.07) is 2.00. The third-order valence-electron chi connectivity index (χ3n) is 1.93. The van der Waals surface area contributed by atoms with Crippen LogP contribution < -0.4 is 5.32 Å². The predicted octanol–water partition coefficient (Wildman–Crippen LogP) is 3.33. The fraction of sp³-hybridized carbons (Fsp3) is 0.100. The van der Waals surface area contributed by atoms with E-state index >= 15 is 0 Å². The summed E-state index contributed by atoms with van der Waals surface area (Å²) < 4.78 is 31.5. The number of nitrogens with one attached hydrogen (secondary N) is 1. The van der Waals surface area contributed by atoms with Crippen LogP contribution in [0.15, 0.2) is 33.6 Å². The summed E-state index contributed by atoms with van der Waals surface area (Å²) in [6.45, 7) is 0.279. The van der Waals surface area contributed by atoms with Crippen LogP contribution in [0.2, 0.25) is 0 Å². The first-order chi connectivity index (χ1) is 7.66. The normalized spacial score (nSPS) is 10.4. The number of hydrogen-bond acceptors (Lipinski definition) is 3. The number of halogens is 3. The molecule has 0 amide bonds. The molecule has 2 aromatic rings. The number of rotatable bonds is 3. The average Bonchev–Trinajstić information content (AvgIpc) is 2.68. The lowest BCUT2D eigenvalue weighted by Crippen LogP contribution is -2.02. The van der Waals surface area contributed by atoms with Gasteiger partial charge in [0, 0.05) is 10.5 Å². The van der Waals surface area contributed by atoms with Gasteiger partial charge in [-0.25, -0.2) is 13.8 Å². The summed E-state index contributed by atoms with van der Waals surface area (Å²) in [6.07, 6.45) is 2.80. The van der Waals surface area contributed by atoms with Crippen LogP contribution in [-0.4, -0.2) is 4.98 Å². The lowest BCUT2D eigenvalue weighted by molar-refractivity contribution is 0.511. The first-order valence-corrected chi connectivity index (χ1v) is 5.22. The van der Waals surface area contributed by atoms with E-state index in [1.165, 1.54) is 18.7 Å². The predicted molar refractivity (Wildman–Crippen MR) is 57.9 cm³/mol. The molecule has 1 N–H and O–H groups in total. The molecule has 0 radical (unpaired) electrons. The number of aromatic nitrogens is 1. The Morgan fingerprint density at radius 3 is 2.81 bits per heavy atom. The third-order valence-corrected chi connectivity index (χ3v) is 2.56. The number of hydrogen-bond donors (Lipinski definition) is 1. The number of oxazole rings is 1. The lowest BCUT2D eigenvalue weighted by atomic mass is 10.3. The largest absolute Gasteiger partial charge is 0.447 e. The molecule has 0 aliphatic rings. The molecule has 6 heteroatoms. The maximum atomic E-state index is 13.4. The Kier molecular flexibility index (Phi) is 3.19. The van der Waals surface area contributed by atoms with Crippen molar-refractivity contribution in [3.05, 3.63) is 46.6 Å². The Balaban J connectivity index is 2.15. The summed E-state index contributed by atoms with van der Waals surface area (Å²) in [5, 5.41) is 2.79. The first kappa shape index (κ1) is 11.1. The van der Waals surface area contributed by atoms with Crippen molar-refractivity contribution >= 4 is 21.6 Å². The highest BCUT2D eigenvalue weighted by molar-refractivity contribution is 9.10. The van der Waals surface area contributed by atoms with Crippen LogP contribution in [0, 0.1) is 11.6 Å². The van der Waals surface area contributed by atoms with E-state index in [1.54, 1.807) is 0 Å². The summed E-state index contributed by atoms with van der Waals surface area (Å²) in [5.41, 5.74) is 0.192. The van der Waals surface area contributed by atoms with Crippen LogP contribution in [-0.2, 0) is 6.54 Å². The average molecular weight is 289 g/mol. The van der Waals surface area contributed by atoms with Crippen molar-refractivity contribution in [3.63, 3.8) is 0 Å². The molecule has 0 fully saturated rings. The highest BCUT2D eigenvalue weighted by atomic mass is 79.9. The topological polar surface area (TPSA) is 38.1 Å². The van der Waals surface area contributed by atoms with Crippen molar-refractivity contribution in [1.29, 1.82) is 0 Å². The van der Waals surface area contributed by atoms with Gasteiger partial charge >= 0.3 is 0 Å². The van der Waals surface area contributed by atoms with Crippen molar-refractivity contribution in [2.75, 3.05) is 5.32 Å². The molecule has 1 aromatic heterocycles. The Bertz CT molecular complexity index is 465. The van der Waals surface area contributed by atoms with Gasteiger partial charge in [0.25, 0.3) is 0 Å². The number of benzene rings is 1. The van der Waals surface area contributed by atoms with Crippen LogP contribution in [0.3, 0.4) is 0 Å². The quantitative estimate of drug-likeness (QED) is 0.941. The third kappa shape index (κ3) is 2.38. The van der Waals surface area contributed by atoms with E-state index in [-0.39, 0.29) is 12.2 Å². The zero-order valence-corrected chi connectivity index (χ0v) is 9.59. The van der Waals surface area contributed by atoms with Gasteiger partial charge in [0.15, 0.2) is 6.39 Å². The van der Waals surface area contributed by atoms with Crippen molar-refractivity contribution in [2.45, 2.75) is 6.54 Å². The molecule has 0 atom stereocenters. The smallest absolute Gasteiger partial charge is 0.180 e. The molecule has 0 aliphatic carbocycles. The monoisotopic (exact) mass is 288 g/mol. The Hall–Kier alpha value is -1.43. The minimum atomic E-state index is -0.661. The Morgan fingerprint density at radius 1 is 1.38 bits per heavy atom. The first-order valence-electron chi connectivity index (χ1n) is 4.42. The van der Waals surface area contributed by atoms with E-state index in [0.717, 1.165) is 6.07 Å². The highest BCUT2D eigenvalue weighted by Crippen LogP contribution is 2.27. The van der Waals surface area contributed by atoms with Gasteiger partial charge < -0.3 is 9.73 Å². The van der Waals surface area contributed by atoms with E-state index in [4.69, 9.17) is 4.42 Å². The molecule has 0 saturated heterocycles. The Labute approximate surface area is 98.6 Å². The van der Waals surface area contributed by atoms with Crippen molar-refractivity contribution in [1.82, 2.24) is 4.98 Å². The number of nitrogens with zero attached hydrogens (tertiary/aromatic N) is 1. The van der Waals surface area contributed by atoms with Crippen molar-refractivity contribution < 1.29 is 13.2 Å². The van der Waals surface area contributed by atoms with Gasteiger partial charge in [0.05, 0.1) is 18.4 Å². The fourth-order valence-corrected chi connectivity index (χ4v) is 1.76. The molecule has 0 saturated carbocycles. The molecule has 1 heterocycles. The van der Waals surface area contributed by atoms with E-state index in [1.807, 2.05) is 0 Å². The molecule has 0 spiro atoms. The lowest BCUT2D eigenvalue weighted by Gasteiger charge is -2.08. The van der Waals surface area contributed by atoms with Crippen molar-refractivity contribution in [2.24, 2.45) is 0 Å². The molecule has 0 unspecified atom stereocenters. The zero-order valence-electron chi connectivity index (χ0n) is 8.01. The second kappa shape index (κ2) is 4.61. The molecule has 84 valence electrons. The van der Waals surface area contributed by atoms with E-state index < -0.39 is 11.6 Å². The van der Waals surface area contributed by atoms with Crippen LogP contribution in [0.5, 0.6) is 0 Å². The van der Waals surface area contributed by atoms with Crippen molar-refractivity contribution in [3.8, 4) is 0 Å². The van der Waals surface area contributed by atoms with Gasteiger partial charge in [-0.3, -0.25) is 0 Å². The summed E-state index contributed by atoms with van der Waals surface area (Å²) >= 11 is 3.07.